The number of halogens is 1. The summed E-state index contributed by atoms with van der Waals surface area (Å²) in [7, 11) is 0. The fourth-order valence-electron chi connectivity index (χ4n) is 1.84. The van der Waals surface area contributed by atoms with Gasteiger partial charge in [0.15, 0.2) is 11.0 Å². The van der Waals surface area contributed by atoms with Gasteiger partial charge in [-0.05, 0) is 54.3 Å². The van der Waals surface area contributed by atoms with Crippen molar-refractivity contribution < 1.29 is 9.21 Å². The zero-order chi connectivity index (χ0) is 12.4. The van der Waals surface area contributed by atoms with Gasteiger partial charge in [0, 0.05) is 6.42 Å². The number of rotatable bonds is 3. The summed E-state index contributed by atoms with van der Waals surface area (Å²) in [6.07, 6.45) is 0.350. The van der Waals surface area contributed by atoms with Gasteiger partial charge in [-0.2, -0.15) is 0 Å². The van der Waals surface area contributed by atoms with Crippen LogP contribution in [0.1, 0.15) is 27.2 Å². The zero-order valence-corrected chi connectivity index (χ0v) is 10.5. The van der Waals surface area contributed by atoms with Crippen molar-refractivity contribution >= 4 is 17.4 Å². The molecule has 0 unspecified atom stereocenters. The molecule has 0 fully saturated rings. The summed E-state index contributed by atoms with van der Waals surface area (Å²) in [5.74, 6) is 0.270. The average Bonchev–Trinajstić information content (AvgIpc) is 2.70. The molecular formula is C14H13ClO2. The molecule has 0 atom stereocenters. The second-order valence-corrected chi connectivity index (χ2v) is 4.45. The van der Waals surface area contributed by atoms with Crippen LogP contribution in [0.4, 0.5) is 0 Å². The van der Waals surface area contributed by atoms with Crippen molar-refractivity contribution in [2.24, 2.45) is 0 Å². The highest BCUT2D eigenvalue weighted by atomic mass is 35.5. The fraction of sp³-hybridized carbons (Fsp3) is 0.214. The Morgan fingerprint density at radius 1 is 1.18 bits per heavy atom. The van der Waals surface area contributed by atoms with Gasteiger partial charge in [-0.3, -0.25) is 4.79 Å². The molecule has 0 aliphatic heterocycles. The maximum atomic E-state index is 12.0. The Morgan fingerprint density at radius 3 is 2.35 bits per heavy atom. The summed E-state index contributed by atoms with van der Waals surface area (Å²) in [4.78, 5) is 12.0. The van der Waals surface area contributed by atoms with Gasteiger partial charge in [0.1, 0.15) is 0 Å². The first kappa shape index (κ1) is 11.9. The quantitative estimate of drug-likeness (QED) is 0.770. The fourth-order valence-corrected chi connectivity index (χ4v) is 1.99. The predicted octanol–water partition coefficient (Wildman–Crippen LogP) is 3.98. The van der Waals surface area contributed by atoms with E-state index >= 15 is 0 Å². The topological polar surface area (TPSA) is 30.2 Å². The van der Waals surface area contributed by atoms with Crippen molar-refractivity contribution in [1.29, 1.82) is 0 Å². The molecule has 0 saturated carbocycles. The van der Waals surface area contributed by atoms with Crippen LogP contribution < -0.4 is 0 Å². The number of hydrogen-bond acceptors (Lipinski definition) is 2. The molecule has 0 amide bonds. The molecule has 17 heavy (non-hydrogen) atoms. The van der Waals surface area contributed by atoms with Gasteiger partial charge in [-0.1, -0.05) is 18.2 Å². The van der Waals surface area contributed by atoms with Crippen molar-refractivity contribution in [1.82, 2.24) is 0 Å². The number of carbonyl (C=O) groups excluding carboxylic acids is 1. The number of furan rings is 1. The minimum atomic E-state index is -0.0469. The Hall–Kier alpha value is -1.54. The van der Waals surface area contributed by atoms with Crippen molar-refractivity contribution in [3.05, 3.63) is 58.0 Å². The van der Waals surface area contributed by atoms with Gasteiger partial charge in [0.05, 0.1) is 0 Å². The van der Waals surface area contributed by atoms with Crippen molar-refractivity contribution in [3.8, 4) is 0 Å². The third kappa shape index (κ3) is 2.59. The largest absolute Gasteiger partial charge is 0.442 e. The molecule has 0 aliphatic carbocycles. The number of hydrogen-bond donors (Lipinski definition) is 0. The van der Waals surface area contributed by atoms with E-state index in [0.29, 0.717) is 12.2 Å². The lowest BCUT2D eigenvalue weighted by Crippen LogP contribution is -2.05. The van der Waals surface area contributed by atoms with Crippen LogP contribution in [0.3, 0.4) is 0 Å². The Balaban J connectivity index is 2.24. The lowest BCUT2D eigenvalue weighted by atomic mass is 9.97. The van der Waals surface area contributed by atoms with Gasteiger partial charge in [-0.25, -0.2) is 0 Å². The summed E-state index contributed by atoms with van der Waals surface area (Å²) in [5, 5.41) is 0.245. The number of ketones is 1. The molecule has 0 aliphatic rings. The van der Waals surface area contributed by atoms with Crippen LogP contribution in [0.25, 0.3) is 0 Å². The highest BCUT2D eigenvalue weighted by molar-refractivity contribution is 6.29. The van der Waals surface area contributed by atoms with Crippen LogP contribution in [0.5, 0.6) is 0 Å². The summed E-state index contributed by atoms with van der Waals surface area (Å²) >= 11 is 5.65. The van der Waals surface area contributed by atoms with Gasteiger partial charge in [-0.15, -0.1) is 0 Å². The second-order valence-electron chi connectivity index (χ2n) is 4.07. The first-order valence-corrected chi connectivity index (χ1v) is 5.79. The summed E-state index contributed by atoms with van der Waals surface area (Å²) in [5.41, 5.74) is 3.30. The van der Waals surface area contributed by atoms with E-state index in [2.05, 4.69) is 0 Å². The van der Waals surface area contributed by atoms with E-state index < -0.39 is 0 Å². The van der Waals surface area contributed by atoms with E-state index in [1.54, 1.807) is 12.1 Å². The van der Waals surface area contributed by atoms with Crippen molar-refractivity contribution in [2.45, 2.75) is 20.3 Å². The summed E-state index contributed by atoms with van der Waals surface area (Å²) in [6, 6.07) is 9.19. The van der Waals surface area contributed by atoms with E-state index in [4.69, 9.17) is 16.0 Å². The Bertz CT molecular complexity index is 535. The summed E-state index contributed by atoms with van der Waals surface area (Å²) in [6.45, 7) is 4.01. The Kier molecular flexibility index (Phi) is 3.34. The van der Waals surface area contributed by atoms with Crippen LogP contribution in [0, 0.1) is 13.8 Å². The number of carbonyl (C=O) groups is 1. The first-order valence-electron chi connectivity index (χ1n) is 5.41. The molecule has 3 heteroatoms. The smallest absolute Gasteiger partial charge is 0.202 e. The molecule has 0 radical (unpaired) electrons. The number of Topliss-reactive ketones (excluding diaryl/α,β-unsaturated/α-hetero) is 1. The van der Waals surface area contributed by atoms with Gasteiger partial charge >= 0.3 is 0 Å². The van der Waals surface area contributed by atoms with Crippen molar-refractivity contribution in [2.75, 3.05) is 0 Å². The third-order valence-electron chi connectivity index (χ3n) is 2.83. The molecule has 0 N–H and O–H groups in total. The normalized spacial score (nSPS) is 10.5. The molecule has 1 aromatic carbocycles. The minimum Gasteiger partial charge on any atom is -0.442 e. The molecule has 2 aromatic rings. The number of aryl methyl sites for hydroxylation is 2. The summed E-state index contributed by atoms with van der Waals surface area (Å²) < 4.78 is 5.11. The molecule has 2 nitrogen and oxygen atoms in total. The standard InChI is InChI=1S/C14H13ClO2/c1-9-4-3-5-10(2)11(9)8-12(16)13-6-7-14(15)17-13/h3-7H,8H2,1-2H3. The second kappa shape index (κ2) is 4.76. The van der Waals surface area contributed by atoms with Crippen LogP contribution in [0.2, 0.25) is 5.22 Å². The molecule has 2 rings (SSSR count). The van der Waals surface area contributed by atoms with Crippen LogP contribution in [0.15, 0.2) is 34.7 Å². The van der Waals surface area contributed by atoms with E-state index in [0.717, 1.165) is 16.7 Å². The third-order valence-corrected chi connectivity index (χ3v) is 3.03. The van der Waals surface area contributed by atoms with Crippen LogP contribution in [-0.2, 0) is 6.42 Å². The monoisotopic (exact) mass is 248 g/mol. The van der Waals surface area contributed by atoms with E-state index in [1.807, 2.05) is 32.0 Å². The molecule has 1 aromatic heterocycles. The molecule has 0 spiro atoms. The molecule has 1 heterocycles. The van der Waals surface area contributed by atoms with Gasteiger partial charge in [0.25, 0.3) is 0 Å². The SMILES string of the molecule is Cc1cccc(C)c1CC(=O)c1ccc(Cl)o1. The lowest BCUT2D eigenvalue weighted by molar-refractivity contribution is 0.0966. The Labute approximate surface area is 105 Å². The van der Waals surface area contributed by atoms with Gasteiger partial charge < -0.3 is 4.42 Å². The maximum Gasteiger partial charge on any atom is 0.202 e. The minimum absolute atomic E-state index is 0.0469. The van der Waals surface area contributed by atoms with Crippen molar-refractivity contribution in [3.63, 3.8) is 0 Å². The molecular weight excluding hydrogens is 236 g/mol. The van der Waals surface area contributed by atoms with E-state index in [1.165, 1.54) is 0 Å². The maximum absolute atomic E-state index is 12.0. The molecule has 88 valence electrons. The molecule has 0 saturated heterocycles. The van der Waals surface area contributed by atoms with E-state index in [-0.39, 0.29) is 11.0 Å². The average molecular weight is 249 g/mol. The zero-order valence-electron chi connectivity index (χ0n) is 9.79. The van der Waals surface area contributed by atoms with Gasteiger partial charge in [0.2, 0.25) is 5.78 Å². The lowest BCUT2D eigenvalue weighted by Gasteiger charge is -2.07. The highest BCUT2D eigenvalue weighted by Crippen LogP contribution is 2.19. The number of benzene rings is 1. The molecule has 0 bridgehead atoms. The van der Waals surface area contributed by atoms with Crippen LogP contribution in [-0.4, -0.2) is 5.78 Å². The highest BCUT2D eigenvalue weighted by Gasteiger charge is 2.13. The predicted molar refractivity (Wildman–Crippen MR) is 67.7 cm³/mol. The van der Waals surface area contributed by atoms with Crippen LogP contribution >= 0.6 is 11.6 Å². The Morgan fingerprint density at radius 2 is 1.82 bits per heavy atom. The van der Waals surface area contributed by atoms with E-state index in [9.17, 15) is 4.79 Å². The first-order chi connectivity index (χ1) is 8.08.